The number of carbonyl (C=O) groups excluding carboxylic acids is 1. The van der Waals surface area contributed by atoms with Crippen molar-refractivity contribution >= 4 is 5.97 Å². The minimum atomic E-state index is -0.335. The maximum absolute atomic E-state index is 12.4. The topological polar surface area (TPSA) is 57.0 Å². The van der Waals surface area contributed by atoms with Gasteiger partial charge in [-0.15, -0.1) is 0 Å². The molecule has 116 valence electrons. The van der Waals surface area contributed by atoms with Crippen LogP contribution in [0, 0.1) is 0 Å². The fourth-order valence-corrected chi connectivity index (χ4v) is 2.34. The monoisotopic (exact) mass is 299 g/mol. The molecular formula is C17H21N3O2. The van der Waals surface area contributed by atoms with Crippen molar-refractivity contribution in [1.82, 2.24) is 14.8 Å². The van der Waals surface area contributed by atoms with Gasteiger partial charge in [0.1, 0.15) is 12.3 Å². The van der Waals surface area contributed by atoms with Gasteiger partial charge in [0.15, 0.2) is 0 Å². The highest BCUT2D eigenvalue weighted by molar-refractivity contribution is 5.87. The lowest BCUT2D eigenvalue weighted by atomic mass is 10.1. The predicted molar refractivity (Wildman–Crippen MR) is 82.6 cm³/mol. The molecule has 0 N–H and O–H groups in total. The molecule has 0 unspecified atom stereocenters. The molecule has 0 atom stereocenters. The van der Waals surface area contributed by atoms with Crippen LogP contribution in [-0.4, -0.2) is 20.7 Å². The van der Waals surface area contributed by atoms with Crippen LogP contribution >= 0.6 is 0 Å². The molecule has 2 heterocycles. The van der Waals surface area contributed by atoms with E-state index < -0.39 is 0 Å². The van der Waals surface area contributed by atoms with Crippen LogP contribution in [0.4, 0.5) is 0 Å². The summed E-state index contributed by atoms with van der Waals surface area (Å²) in [6.07, 6.45) is 5.71. The van der Waals surface area contributed by atoms with Crippen molar-refractivity contribution in [3.05, 3.63) is 47.5 Å². The van der Waals surface area contributed by atoms with Gasteiger partial charge in [0.05, 0.1) is 11.2 Å². The number of ether oxygens (including phenoxy) is 1. The van der Waals surface area contributed by atoms with Crippen LogP contribution < -0.4 is 0 Å². The van der Waals surface area contributed by atoms with Crippen molar-refractivity contribution < 1.29 is 9.53 Å². The summed E-state index contributed by atoms with van der Waals surface area (Å²) in [5.74, 6) is 0.173. The van der Waals surface area contributed by atoms with Crippen LogP contribution in [0.25, 0.3) is 0 Å². The van der Waals surface area contributed by atoms with E-state index in [4.69, 9.17) is 4.74 Å². The van der Waals surface area contributed by atoms with E-state index in [-0.39, 0.29) is 18.1 Å². The van der Waals surface area contributed by atoms with Gasteiger partial charge in [0.2, 0.25) is 0 Å². The summed E-state index contributed by atoms with van der Waals surface area (Å²) in [4.78, 5) is 16.5. The van der Waals surface area contributed by atoms with Gasteiger partial charge in [-0.1, -0.05) is 6.07 Å². The molecule has 0 bridgehead atoms. The Bertz CT molecular complexity index is 667. The molecule has 1 aliphatic carbocycles. The quantitative estimate of drug-likeness (QED) is 0.813. The van der Waals surface area contributed by atoms with Crippen molar-refractivity contribution in [2.24, 2.45) is 0 Å². The number of nitrogens with zero attached hydrogens (tertiary/aromatic N) is 3. The smallest absolute Gasteiger partial charge is 0.356 e. The molecule has 5 heteroatoms. The van der Waals surface area contributed by atoms with E-state index in [2.05, 4.69) is 10.1 Å². The third kappa shape index (κ3) is 3.18. The van der Waals surface area contributed by atoms with Gasteiger partial charge in [-0.2, -0.15) is 5.10 Å². The third-order valence-corrected chi connectivity index (χ3v) is 3.66. The van der Waals surface area contributed by atoms with Crippen molar-refractivity contribution in [2.45, 2.75) is 51.7 Å². The van der Waals surface area contributed by atoms with Gasteiger partial charge in [0.25, 0.3) is 0 Å². The van der Waals surface area contributed by atoms with Crippen LogP contribution in [0.3, 0.4) is 0 Å². The van der Waals surface area contributed by atoms with Gasteiger partial charge in [0, 0.05) is 23.9 Å². The van der Waals surface area contributed by atoms with Gasteiger partial charge in [-0.25, -0.2) is 4.79 Å². The summed E-state index contributed by atoms with van der Waals surface area (Å²) >= 11 is 0. The van der Waals surface area contributed by atoms with Crippen molar-refractivity contribution in [3.63, 3.8) is 0 Å². The highest BCUT2D eigenvalue weighted by Crippen LogP contribution is 2.40. The van der Waals surface area contributed by atoms with E-state index >= 15 is 0 Å². The number of carbonyl (C=O) groups is 1. The molecular weight excluding hydrogens is 278 g/mol. The first kappa shape index (κ1) is 14.8. The average molecular weight is 299 g/mol. The van der Waals surface area contributed by atoms with Crippen LogP contribution in [0.1, 0.15) is 61.3 Å². The summed E-state index contributed by atoms with van der Waals surface area (Å²) in [6.45, 7) is 6.33. The Kier molecular flexibility index (Phi) is 3.72. The molecule has 1 fully saturated rings. The highest BCUT2D eigenvalue weighted by atomic mass is 16.5. The molecule has 0 saturated heterocycles. The second kappa shape index (κ2) is 5.55. The standard InChI is InChI=1S/C17H21N3O2/c1-17(2,3)20-15(9-14(19-20)13-6-7-13)16(21)22-11-12-5-4-8-18-10-12/h4-5,8-10,13H,6-7,11H2,1-3H3. The molecule has 0 aromatic carbocycles. The maximum atomic E-state index is 12.4. The lowest BCUT2D eigenvalue weighted by Crippen LogP contribution is -2.27. The first-order valence-electron chi connectivity index (χ1n) is 7.61. The third-order valence-electron chi connectivity index (χ3n) is 3.66. The second-order valence-corrected chi connectivity index (χ2v) is 6.75. The zero-order valence-electron chi connectivity index (χ0n) is 13.2. The Morgan fingerprint density at radius 1 is 1.41 bits per heavy atom. The Hall–Kier alpha value is -2.17. The molecule has 0 spiro atoms. The highest BCUT2D eigenvalue weighted by Gasteiger charge is 2.31. The Morgan fingerprint density at radius 2 is 2.18 bits per heavy atom. The van der Waals surface area contributed by atoms with Gasteiger partial charge in [-0.05, 0) is 45.7 Å². The van der Waals surface area contributed by atoms with E-state index in [9.17, 15) is 4.79 Å². The van der Waals surface area contributed by atoms with Crippen LogP contribution in [0.2, 0.25) is 0 Å². The molecule has 2 aromatic rings. The van der Waals surface area contributed by atoms with E-state index in [0.717, 1.165) is 24.1 Å². The molecule has 0 amide bonds. The molecule has 1 saturated carbocycles. The Balaban J connectivity index is 1.79. The average Bonchev–Trinajstić information content (AvgIpc) is 3.23. The summed E-state index contributed by atoms with van der Waals surface area (Å²) in [5, 5.41) is 4.62. The van der Waals surface area contributed by atoms with Crippen LogP contribution in [-0.2, 0) is 16.9 Å². The van der Waals surface area contributed by atoms with E-state index in [0.29, 0.717) is 11.6 Å². The minimum Gasteiger partial charge on any atom is -0.456 e. The normalized spacial score (nSPS) is 14.9. The molecule has 3 rings (SSSR count). The van der Waals surface area contributed by atoms with E-state index in [1.165, 1.54) is 0 Å². The molecule has 0 aliphatic heterocycles. The molecule has 1 aliphatic rings. The Morgan fingerprint density at radius 3 is 2.77 bits per heavy atom. The number of esters is 1. The largest absolute Gasteiger partial charge is 0.456 e. The second-order valence-electron chi connectivity index (χ2n) is 6.75. The van der Waals surface area contributed by atoms with Crippen molar-refractivity contribution in [2.75, 3.05) is 0 Å². The number of aromatic nitrogens is 3. The van der Waals surface area contributed by atoms with Crippen LogP contribution in [0.5, 0.6) is 0 Å². The number of rotatable bonds is 4. The molecule has 22 heavy (non-hydrogen) atoms. The number of hydrogen-bond acceptors (Lipinski definition) is 4. The summed E-state index contributed by atoms with van der Waals surface area (Å²) in [7, 11) is 0. The Labute approximate surface area is 130 Å². The van der Waals surface area contributed by atoms with Gasteiger partial charge in [-0.3, -0.25) is 9.67 Å². The van der Waals surface area contributed by atoms with Gasteiger partial charge >= 0.3 is 5.97 Å². The van der Waals surface area contributed by atoms with Crippen molar-refractivity contribution in [1.29, 1.82) is 0 Å². The predicted octanol–water partition coefficient (Wildman–Crippen LogP) is 3.27. The fourth-order valence-electron chi connectivity index (χ4n) is 2.34. The summed E-state index contributed by atoms with van der Waals surface area (Å²) in [6, 6.07) is 5.60. The van der Waals surface area contributed by atoms with Gasteiger partial charge < -0.3 is 4.74 Å². The first-order valence-corrected chi connectivity index (χ1v) is 7.61. The van der Waals surface area contributed by atoms with Crippen molar-refractivity contribution in [3.8, 4) is 0 Å². The summed E-state index contributed by atoms with van der Waals surface area (Å²) < 4.78 is 7.21. The first-order chi connectivity index (χ1) is 10.4. The molecule has 0 radical (unpaired) electrons. The maximum Gasteiger partial charge on any atom is 0.356 e. The lowest BCUT2D eigenvalue weighted by molar-refractivity contribution is 0.0449. The molecule has 2 aromatic heterocycles. The molecule has 5 nitrogen and oxygen atoms in total. The van der Waals surface area contributed by atoms with E-state index in [1.807, 2.05) is 39.0 Å². The van der Waals surface area contributed by atoms with Crippen LogP contribution in [0.15, 0.2) is 30.6 Å². The van der Waals surface area contributed by atoms with E-state index in [1.54, 1.807) is 17.1 Å². The fraction of sp³-hybridized carbons (Fsp3) is 0.471. The number of pyridine rings is 1. The lowest BCUT2D eigenvalue weighted by Gasteiger charge is -2.21. The number of hydrogen-bond donors (Lipinski definition) is 0. The summed E-state index contributed by atoms with van der Waals surface area (Å²) in [5.41, 5.74) is 2.15. The zero-order valence-corrected chi connectivity index (χ0v) is 13.2. The zero-order chi connectivity index (χ0) is 15.7. The minimum absolute atomic E-state index is 0.223. The SMILES string of the molecule is CC(C)(C)n1nc(C2CC2)cc1C(=O)OCc1cccnc1.